The number of allylic oxidation sites excluding steroid dienone is 1. The Bertz CT molecular complexity index is 1660. The molecule has 0 aliphatic heterocycles. The number of rotatable bonds is 5. The van der Waals surface area contributed by atoms with Gasteiger partial charge in [0, 0.05) is 39.0 Å². The minimum absolute atomic E-state index is 0.656. The molecule has 0 saturated heterocycles. The molecule has 0 amide bonds. The van der Waals surface area contributed by atoms with Gasteiger partial charge < -0.3 is 4.57 Å². The Kier molecular flexibility index (Phi) is 5.91. The first kappa shape index (κ1) is 22.6. The maximum Gasteiger partial charge on any atom is 0.164 e. The highest BCUT2D eigenvalue weighted by Crippen LogP contribution is 2.31. The highest BCUT2D eigenvalue weighted by molar-refractivity contribution is 5.92. The number of aromatic nitrogens is 4. The van der Waals surface area contributed by atoms with Crippen molar-refractivity contribution in [1.82, 2.24) is 19.5 Å². The van der Waals surface area contributed by atoms with Gasteiger partial charge in [0.25, 0.3) is 0 Å². The summed E-state index contributed by atoms with van der Waals surface area (Å²) in [5.41, 5.74) is 7.64. The lowest BCUT2D eigenvalue weighted by atomic mass is 10.1. The van der Waals surface area contributed by atoms with Crippen molar-refractivity contribution in [3.8, 4) is 39.9 Å². The van der Waals surface area contributed by atoms with E-state index in [1.165, 1.54) is 22.2 Å². The van der Waals surface area contributed by atoms with Gasteiger partial charge in [-0.2, -0.15) is 0 Å². The third-order valence-electron chi connectivity index (χ3n) is 6.58. The average Bonchev–Trinajstić information content (AvgIpc) is 3.25. The molecule has 178 valence electrons. The highest BCUT2D eigenvalue weighted by Gasteiger charge is 2.15. The second kappa shape index (κ2) is 9.67. The van der Waals surface area contributed by atoms with Gasteiger partial charge in [0.05, 0.1) is 5.52 Å². The van der Waals surface area contributed by atoms with Gasteiger partial charge in [-0.3, -0.25) is 0 Å². The molecular weight excluding hydrogens is 452 g/mol. The first-order valence-electron chi connectivity index (χ1n) is 12.4. The predicted molar refractivity (Wildman–Crippen MR) is 152 cm³/mol. The van der Waals surface area contributed by atoms with Crippen LogP contribution in [0.3, 0.4) is 0 Å². The second-order valence-electron chi connectivity index (χ2n) is 8.94. The standard InChI is InChI=1S/C33H26N4/c1-3-12-28-23(2)37(30-18-11-10-17-29(28)30)27-21-19-26(20-22-27)33-35-31(24-13-6-4-7-14-24)34-32(36-33)25-15-8-5-9-16-25/h3-22H,1-2H3/b12-3-. The lowest BCUT2D eigenvalue weighted by Gasteiger charge is -2.11. The zero-order valence-electron chi connectivity index (χ0n) is 20.8. The number of benzene rings is 4. The van der Waals surface area contributed by atoms with Gasteiger partial charge in [-0.25, -0.2) is 15.0 Å². The van der Waals surface area contributed by atoms with Gasteiger partial charge in [0.15, 0.2) is 17.5 Å². The lowest BCUT2D eigenvalue weighted by Crippen LogP contribution is -2.01. The summed E-state index contributed by atoms with van der Waals surface area (Å²) in [6.45, 7) is 4.23. The van der Waals surface area contributed by atoms with E-state index in [2.05, 4.69) is 79.1 Å². The van der Waals surface area contributed by atoms with Crippen LogP contribution in [0.4, 0.5) is 0 Å². The van der Waals surface area contributed by atoms with Gasteiger partial charge in [-0.15, -0.1) is 0 Å². The summed E-state index contributed by atoms with van der Waals surface area (Å²) in [6, 6.07) is 37.1. The van der Waals surface area contributed by atoms with Crippen molar-refractivity contribution in [2.24, 2.45) is 0 Å². The molecule has 0 spiro atoms. The fraction of sp³-hybridized carbons (Fsp3) is 0.0606. The monoisotopic (exact) mass is 478 g/mol. The molecule has 6 rings (SSSR count). The van der Waals surface area contributed by atoms with E-state index in [0.29, 0.717) is 17.5 Å². The zero-order chi connectivity index (χ0) is 25.2. The Labute approximate surface area is 216 Å². The molecule has 4 nitrogen and oxygen atoms in total. The molecule has 0 aliphatic rings. The number of hydrogen-bond donors (Lipinski definition) is 0. The Balaban J connectivity index is 1.47. The summed E-state index contributed by atoms with van der Waals surface area (Å²) in [5, 5.41) is 1.25. The maximum atomic E-state index is 4.86. The topological polar surface area (TPSA) is 43.6 Å². The Morgan fingerprint density at radius 3 is 1.59 bits per heavy atom. The van der Waals surface area contributed by atoms with Crippen LogP contribution >= 0.6 is 0 Å². The van der Waals surface area contributed by atoms with Crippen LogP contribution in [0.1, 0.15) is 18.2 Å². The summed E-state index contributed by atoms with van der Waals surface area (Å²) in [5.74, 6) is 1.98. The zero-order valence-corrected chi connectivity index (χ0v) is 20.8. The normalized spacial score (nSPS) is 11.4. The van der Waals surface area contributed by atoms with Gasteiger partial charge >= 0.3 is 0 Å². The first-order chi connectivity index (χ1) is 18.2. The molecule has 0 unspecified atom stereocenters. The molecule has 0 atom stereocenters. The third-order valence-corrected chi connectivity index (χ3v) is 6.58. The van der Waals surface area contributed by atoms with Crippen LogP contribution in [0.2, 0.25) is 0 Å². The smallest absolute Gasteiger partial charge is 0.164 e. The van der Waals surface area contributed by atoms with Gasteiger partial charge in [-0.1, -0.05) is 91.0 Å². The van der Waals surface area contributed by atoms with Crippen LogP contribution in [-0.4, -0.2) is 19.5 Å². The molecule has 4 heteroatoms. The largest absolute Gasteiger partial charge is 0.313 e. The highest BCUT2D eigenvalue weighted by atomic mass is 15.0. The van der Waals surface area contributed by atoms with Crippen LogP contribution in [0.15, 0.2) is 115 Å². The van der Waals surface area contributed by atoms with E-state index in [1.807, 2.05) is 60.7 Å². The van der Waals surface area contributed by atoms with Crippen LogP contribution < -0.4 is 0 Å². The summed E-state index contributed by atoms with van der Waals surface area (Å²) >= 11 is 0. The molecule has 0 radical (unpaired) electrons. The number of fused-ring (bicyclic) bond motifs is 1. The van der Waals surface area contributed by atoms with E-state index in [4.69, 9.17) is 15.0 Å². The molecule has 0 fully saturated rings. The SMILES string of the molecule is C/C=C\c1c(C)n(-c2ccc(-c3nc(-c4ccccc4)nc(-c4ccccc4)n3)cc2)c2ccccc12. The maximum absolute atomic E-state index is 4.86. The number of para-hydroxylation sites is 1. The molecular formula is C33H26N4. The van der Waals surface area contributed by atoms with Crippen molar-refractivity contribution < 1.29 is 0 Å². The van der Waals surface area contributed by atoms with Gasteiger partial charge in [-0.05, 0) is 44.2 Å². The minimum Gasteiger partial charge on any atom is -0.313 e. The molecule has 4 aromatic carbocycles. The Hall–Kier alpha value is -4.83. The van der Waals surface area contributed by atoms with Crippen molar-refractivity contribution in [2.45, 2.75) is 13.8 Å². The second-order valence-corrected chi connectivity index (χ2v) is 8.94. The fourth-order valence-electron chi connectivity index (χ4n) is 4.80. The first-order valence-corrected chi connectivity index (χ1v) is 12.4. The summed E-state index contributed by atoms with van der Waals surface area (Å²) < 4.78 is 2.31. The molecule has 6 aromatic rings. The van der Waals surface area contributed by atoms with Crippen molar-refractivity contribution in [3.05, 3.63) is 127 Å². The van der Waals surface area contributed by atoms with Crippen LogP contribution in [0, 0.1) is 6.92 Å². The van der Waals surface area contributed by atoms with Crippen molar-refractivity contribution >= 4 is 17.0 Å². The van der Waals surface area contributed by atoms with E-state index >= 15 is 0 Å². The molecule has 0 aliphatic carbocycles. The molecule has 37 heavy (non-hydrogen) atoms. The van der Waals surface area contributed by atoms with E-state index in [9.17, 15) is 0 Å². The summed E-state index contributed by atoms with van der Waals surface area (Å²) in [6.07, 6.45) is 4.28. The van der Waals surface area contributed by atoms with E-state index < -0.39 is 0 Å². The van der Waals surface area contributed by atoms with E-state index in [1.54, 1.807) is 0 Å². The van der Waals surface area contributed by atoms with Crippen molar-refractivity contribution in [3.63, 3.8) is 0 Å². The molecule has 0 bridgehead atoms. The van der Waals surface area contributed by atoms with E-state index in [-0.39, 0.29) is 0 Å². The van der Waals surface area contributed by atoms with Crippen molar-refractivity contribution in [2.75, 3.05) is 0 Å². The summed E-state index contributed by atoms with van der Waals surface area (Å²) in [7, 11) is 0. The summed E-state index contributed by atoms with van der Waals surface area (Å²) in [4.78, 5) is 14.5. The van der Waals surface area contributed by atoms with Crippen LogP contribution in [0.5, 0.6) is 0 Å². The predicted octanol–water partition coefficient (Wildman–Crippen LogP) is 8.16. The third kappa shape index (κ3) is 4.23. The van der Waals surface area contributed by atoms with E-state index in [0.717, 1.165) is 22.4 Å². The Morgan fingerprint density at radius 2 is 1.05 bits per heavy atom. The van der Waals surface area contributed by atoms with Crippen molar-refractivity contribution in [1.29, 1.82) is 0 Å². The quantitative estimate of drug-likeness (QED) is 0.251. The van der Waals surface area contributed by atoms with Crippen LogP contribution in [-0.2, 0) is 0 Å². The number of hydrogen-bond acceptors (Lipinski definition) is 3. The lowest BCUT2D eigenvalue weighted by molar-refractivity contribution is 1.05. The molecule has 2 aromatic heterocycles. The minimum atomic E-state index is 0.656. The number of nitrogens with zero attached hydrogens (tertiary/aromatic N) is 4. The molecule has 0 N–H and O–H groups in total. The average molecular weight is 479 g/mol. The fourth-order valence-corrected chi connectivity index (χ4v) is 4.80. The van der Waals surface area contributed by atoms with Gasteiger partial charge in [0.1, 0.15) is 0 Å². The molecule has 0 saturated carbocycles. The Morgan fingerprint density at radius 1 is 0.568 bits per heavy atom. The molecule has 2 heterocycles. The van der Waals surface area contributed by atoms with Crippen LogP contribution in [0.25, 0.3) is 56.8 Å². The van der Waals surface area contributed by atoms with Gasteiger partial charge in [0.2, 0.25) is 0 Å².